The third-order valence-electron chi connectivity index (χ3n) is 3.73. The van der Waals surface area contributed by atoms with Crippen molar-refractivity contribution >= 4 is 17.5 Å². The highest BCUT2D eigenvalue weighted by Gasteiger charge is 2.33. The van der Waals surface area contributed by atoms with E-state index in [0.29, 0.717) is 24.6 Å². The van der Waals surface area contributed by atoms with Crippen LogP contribution in [0.15, 0.2) is 18.2 Å². The van der Waals surface area contributed by atoms with Crippen molar-refractivity contribution < 1.29 is 14.3 Å². The molecule has 0 bridgehead atoms. The lowest BCUT2D eigenvalue weighted by Crippen LogP contribution is -2.38. The second-order valence-corrected chi connectivity index (χ2v) is 5.55. The van der Waals surface area contributed by atoms with Crippen molar-refractivity contribution in [3.8, 4) is 5.75 Å². The van der Waals surface area contributed by atoms with E-state index in [2.05, 4.69) is 5.32 Å². The summed E-state index contributed by atoms with van der Waals surface area (Å²) in [6.45, 7) is 0.878. The molecule has 20 heavy (non-hydrogen) atoms. The molecule has 2 aliphatic rings. The van der Waals surface area contributed by atoms with Crippen molar-refractivity contribution in [2.45, 2.75) is 31.1 Å². The largest absolute Gasteiger partial charge is 0.491 e. The summed E-state index contributed by atoms with van der Waals surface area (Å²) in [6.07, 6.45) is 1.13. The third kappa shape index (κ3) is 2.61. The van der Waals surface area contributed by atoms with E-state index in [4.69, 9.17) is 26.8 Å². The normalized spacial score (nSPS) is 28.0. The number of amides is 1. The van der Waals surface area contributed by atoms with Gasteiger partial charge in [-0.2, -0.15) is 0 Å². The zero-order chi connectivity index (χ0) is 14.1. The summed E-state index contributed by atoms with van der Waals surface area (Å²) in [4.78, 5) is 12.2. The molecule has 3 atom stereocenters. The van der Waals surface area contributed by atoms with Crippen LogP contribution in [0.2, 0.25) is 5.02 Å². The summed E-state index contributed by atoms with van der Waals surface area (Å²) in [5, 5.41) is 3.59. The Labute approximate surface area is 122 Å². The molecular weight excluding hydrogens is 280 g/mol. The molecule has 0 aliphatic carbocycles. The number of nitrogens with one attached hydrogen (secondary N) is 1. The molecule has 0 radical (unpaired) electrons. The van der Waals surface area contributed by atoms with Gasteiger partial charge in [-0.25, -0.2) is 0 Å². The van der Waals surface area contributed by atoms with Crippen LogP contribution in [-0.2, 0) is 9.53 Å². The average Bonchev–Trinajstić information content (AvgIpc) is 3.06. The molecular formula is C14H17ClN2O3. The summed E-state index contributed by atoms with van der Waals surface area (Å²) in [7, 11) is 0. The minimum atomic E-state index is -0.410. The molecule has 1 saturated heterocycles. The molecule has 1 aromatic rings. The lowest BCUT2D eigenvalue weighted by Gasteiger charge is -2.16. The van der Waals surface area contributed by atoms with E-state index in [1.807, 2.05) is 12.1 Å². The fourth-order valence-electron chi connectivity index (χ4n) is 2.64. The molecule has 2 heterocycles. The lowest BCUT2D eigenvalue weighted by molar-refractivity contribution is -0.132. The Morgan fingerprint density at radius 1 is 1.45 bits per heavy atom. The van der Waals surface area contributed by atoms with Crippen molar-refractivity contribution in [1.29, 1.82) is 0 Å². The number of benzene rings is 1. The predicted molar refractivity (Wildman–Crippen MR) is 74.8 cm³/mol. The Morgan fingerprint density at radius 2 is 2.30 bits per heavy atom. The van der Waals surface area contributed by atoms with E-state index in [1.165, 1.54) is 0 Å². The SMILES string of the molecule is NC[C@H]1CC[C@@H](C(=O)NC2COc3ccc(Cl)cc32)O1. The molecule has 5 nitrogen and oxygen atoms in total. The molecule has 0 saturated carbocycles. The molecule has 6 heteroatoms. The topological polar surface area (TPSA) is 73.6 Å². The van der Waals surface area contributed by atoms with Crippen LogP contribution in [0, 0.1) is 0 Å². The van der Waals surface area contributed by atoms with Gasteiger partial charge in [-0.15, -0.1) is 0 Å². The Kier molecular flexibility index (Phi) is 3.83. The first-order valence-corrected chi connectivity index (χ1v) is 7.13. The molecule has 1 amide bonds. The van der Waals surface area contributed by atoms with E-state index in [-0.39, 0.29) is 18.1 Å². The fraction of sp³-hybridized carbons (Fsp3) is 0.500. The van der Waals surface area contributed by atoms with Gasteiger partial charge in [0.15, 0.2) is 0 Å². The number of halogens is 1. The summed E-state index contributed by atoms with van der Waals surface area (Å²) in [6, 6.07) is 5.25. The van der Waals surface area contributed by atoms with Crippen molar-refractivity contribution in [1.82, 2.24) is 5.32 Å². The maximum absolute atomic E-state index is 12.2. The molecule has 1 unspecified atom stereocenters. The van der Waals surface area contributed by atoms with E-state index in [1.54, 1.807) is 6.07 Å². The standard InChI is InChI=1S/C14H17ClN2O3/c15-8-1-3-12-10(5-8)11(7-19-12)17-14(18)13-4-2-9(6-16)20-13/h1,3,5,9,11,13H,2,4,6-7,16H2,(H,17,18)/t9-,11?,13+/m1/s1. The number of carbonyl (C=O) groups excluding carboxylic acids is 1. The molecule has 0 spiro atoms. The van der Waals surface area contributed by atoms with Crippen LogP contribution in [0.3, 0.4) is 0 Å². The van der Waals surface area contributed by atoms with Gasteiger partial charge in [0.1, 0.15) is 18.5 Å². The monoisotopic (exact) mass is 296 g/mol. The summed E-state index contributed by atoms with van der Waals surface area (Å²) in [5.41, 5.74) is 6.46. The predicted octanol–water partition coefficient (Wildman–Crippen LogP) is 1.40. The minimum Gasteiger partial charge on any atom is -0.491 e. The highest BCUT2D eigenvalue weighted by molar-refractivity contribution is 6.30. The van der Waals surface area contributed by atoms with Crippen molar-refractivity contribution in [3.63, 3.8) is 0 Å². The third-order valence-corrected chi connectivity index (χ3v) is 3.97. The van der Waals surface area contributed by atoms with E-state index in [9.17, 15) is 4.79 Å². The van der Waals surface area contributed by atoms with Crippen molar-refractivity contribution in [2.24, 2.45) is 5.73 Å². The van der Waals surface area contributed by atoms with Crippen LogP contribution in [0.4, 0.5) is 0 Å². The molecule has 2 aliphatic heterocycles. The molecule has 3 N–H and O–H groups in total. The number of ether oxygens (including phenoxy) is 2. The van der Waals surface area contributed by atoms with Crippen LogP contribution in [-0.4, -0.2) is 31.3 Å². The van der Waals surface area contributed by atoms with Gasteiger partial charge in [0, 0.05) is 17.1 Å². The molecule has 108 valence electrons. The quantitative estimate of drug-likeness (QED) is 0.884. The van der Waals surface area contributed by atoms with Crippen LogP contribution < -0.4 is 15.8 Å². The van der Waals surface area contributed by atoms with Gasteiger partial charge in [-0.1, -0.05) is 11.6 Å². The van der Waals surface area contributed by atoms with Gasteiger partial charge in [0.2, 0.25) is 5.91 Å². The van der Waals surface area contributed by atoms with Crippen molar-refractivity contribution in [3.05, 3.63) is 28.8 Å². The lowest BCUT2D eigenvalue weighted by atomic mass is 10.1. The number of hydrogen-bond acceptors (Lipinski definition) is 4. The zero-order valence-electron chi connectivity index (χ0n) is 11.0. The first kappa shape index (κ1) is 13.7. The van der Waals surface area contributed by atoms with Crippen LogP contribution >= 0.6 is 11.6 Å². The van der Waals surface area contributed by atoms with Crippen LogP contribution in [0.1, 0.15) is 24.4 Å². The maximum Gasteiger partial charge on any atom is 0.249 e. The molecule has 1 aromatic carbocycles. The van der Waals surface area contributed by atoms with E-state index >= 15 is 0 Å². The molecule has 1 fully saturated rings. The summed E-state index contributed by atoms with van der Waals surface area (Å²) < 4.78 is 11.1. The smallest absolute Gasteiger partial charge is 0.249 e. The molecule has 3 rings (SSSR count). The van der Waals surface area contributed by atoms with Crippen molar-refractivity contribution in [2.75, 3.05) is 13.2 Å². The maximum atomic E-state index is 12.2. The van der Waals surface area contributed by atoms with Crippen LogP contribution in [0.5, 0.6) is 5.75 Å². The van der Waals surface area contributed by atoms with Gasteiger partial charge in [0.25, 0.3) is 0 Å². The van der Waals surface area contributed by atoms with Gasteiger partial charge >= 0.3 is 0 Å². The molecule has 0 aromatic heterocycles. The van der Waals surface area contributed by atoms with Gasteiger partial charge in [-0.05, 0) is 31.0 Å². The van der Waals surface area contributed by atoms with Gasteiger partial charge < -0.3 is 20.5 Å². The number of carbonyl (C=O) groups is 1. The Morgan fingerprint density at radius 3 is 3.05 bits per heavy atom. The average molecular weight is 297 g/mol. The van der Waals surface area contributed by atoms with Crippen LogP contribution in [0.25, 0.3) is 0 Å². The summed E-state index contributed by atoms with van der Waals surface area (Å²) in [5.74, 6) is 0.661. The second-order valence-electron chi connectivity index (χ2n) is 5.11. The minimum absolute atomic E-state index is 0.00712. The van der Waals surface area contributed by atoms with E-state index in [0.717, 1.165) is 17.7 Å². The van der Waals surface area contributed by atoms with Gasteiger partial charge in [-0.3, -0.25) is 4.79 Å². The number of nitrogens with two attached hydrogens (primary N) is 1. The Balaban J connectivity index is 1.65. The Bertz CT molecular complexity index is 523. The first-order valence-electron chi connectivity index (χ1n) is 6.75. The summed E-state index contributed by atoms with van der Waals surface area (Å²) >= 11 is 5.98. The van der Waals surface area contributed by atoms with Gasteiger partial charge in [0.05, 0.1) is 12.1 Å². The Hall–Kier alpha value is -1.30. The fourth-order valence-corrected chi connectivity index (χ4v) is 2.82. The number of fused-ring (bicyclic) bond motifs is 1. The highest BCUT2D eigenvalue weighted by atomic mass is 35.5. The number of rotatable bonds is 3. The first-order chi connectivity index (χ1) is 9.67. The number of hydrogen-bond donors (Lipinski definition) is 2. The second kappa shape index (κ2) is 5.60. The van der Waals surface area contributed by atoms with E-state index < -0.39 is 6.10 Å². The zero-order valence-corrected chi connectivity index (χ0v) is 11.7. The highest BCUT2D eigenvalue weighted by Crippen LogP contribution is 2.34.